The summed E-state index contributed by atoms with van der Waals surface area (Å²) in [6.45, 7) is 3.76. The molecule has 0 fully saturated rings. The number of anilines is 1. The highest BCUT2D eigenvalue weighted by molar-refractivity contribution is 9.10. The van der Waals surface area contributed by atoms with Gasteiger partial charge in [-0.15, -0.1) is 0 Å². The number of aryl methyl sites for hydroxylation is 1. The second kappa shape index (κ2) is 8.31. The highest BCUT2D eigenvalue weighted by atomic mass is 79.9. The Kier molecular flexibility index (Phi) is 6.40. The first-order valence-electron chi connectivity index (χ1n) is 7.53. The quantitative estimate of drug-likeness (QED) is 0.631. The van der Waals surface area contributed by atoms with Crippen molar-refractivity contribution < 1.29 is 9.90 Å². The van der Waals surface area contributed by atoms with E-state index in [1.54, 1.807) is 30.5 Å². The van der Waals surface area contributed by atoms with Crippen LogP contribution >= 0.6 is 27.5 Å². The van der Waals surface area contributed by atoms with Crippen molar-refractivity contribution in [2.45, 2.75) is 26.7 Å². The molecule has 0 heterocycles. The Morgan fingerprint density at radius 2 is 2.12 bits per heavy atom. The van der Waals surface area contributed by atoms with Crippen LogP contribution in [0.1, 0.15) is 30.9 Å². The molecule has 0 aliphatic rings. The van der Waals surface area contributed by atoms with E-state index in [2.05, 4.69) is 26.2 Å². The minimum Gasteiger partial charge on any atom is -0.507 e. The van der Waals surface area contributed by atoms with Crippen molar-refractivity contribution in [1.82, 2.24) is 0 Å². The SMILES string of the molecule is CCCC(=O)Nc1ccc(Cl)c(N=Cc2cc(Br)cc(C)c2O)c1. The van der Waals surface area contributed by atoms with Gasteiger partial charge in [0.05, 0.1) is 10.7 Å². The van der Waals surface area contributed by atoms with Crippen molar-refractivity contribution in [3.63, 3.8) is 0 Å². The highest BCUT2D eigenvalue weighted by Crippen LogP contribution is 2.30. The summed E-state index contributed by atoms with van der Waals surface area (Å²) >= 11 is 9.56. The third-order valence-electron chi connectivity index (χ3n) is 3.34. The van der Waals surface area contributed by atoms with Crippen LogP contribution in [0.2, 0.25) is 5.02 Å². The number of nitrogens with zero attached hydrogens (tertiary/aromatic N) is 1. The van der Waals surface area contributed by atoms with Gasteiger partial charge >= 0.3 is 0 Å². The van der Waals surface area contributed by atoms with Crippen molar-refractivity contribution in [3.05, 3.63) is 51.0 Å². The number of carbonyl (C=O) groups excluding carboxylic acids is 1. The Hall–Kier alpha value is -1.85. The summed E-state index contributed by atoms with van der Waals surface area (Å²) in [6, 6.07) is 8.71. The van der Waals surface area contributed by atoms with Crippen LogP contribution in [0.25, 0.3) is 0 Å². The second-order valence-corrected chi connectivity index (χ2v) is 6.71. The summed E-state index contributed by atoms with van der Waals surface area (Å²) in [7, 11) is 0. The molecule has 126 valence electrons. The molecule has 0 saturated heterocycles. The number of rotatable bonds is 5. The molecule has 0 bridgehead atoms. The molecule has 2 N–H and O–H groups in total. The summed E-state index contributed by atoms with van der Waals surface area (Å²) in [5.41, 5.74) is 2.48. The fraction of sp³-hybridized carbons (Fsp3) is 0.222. The van der Waals surface area contributed by atoms with Crippen LogP contribution in [0.5, 0.6) is 5.75 Å². The number of benzene rings is 2. The van der Waals surface area contributed by atoms with E-state index >= 15 is 0 Å². The van der Waals surface area contributed by atoms with E-state index in [9.17, 15) is 9.90 Å². The predicted molar refractivity (Wildman–Crippen MR) is 103 cm³/mol. The van der Waals surface area contributed by atoms with Gasteiger partial charge in [-0.05, 0) is 49.2 Å². The first kappa shape index (κ1) is 18.5. The molecular weight excluding hydrogens is 392 g/mol. The molecule has 2 rings (SSSR count). The molecule has 0 radical (unpaired) electrons. The lowest BCUT2D eigenvalue weighted by atomic mass is 10.1. The molecule has 1 amide bonds. The standard InChI is InChI=1S/C18H18BrClN2O2/c1-3-4-17(23)22-14-5-6-15(20)16(9-14)21-10-12-8-13(19)7-11(2)18(12)24/h5-10,24H,3-4H2,1-2H3,(H,22,23). The molecule has 6 heteroatoms. The molecule has 2 aromatic rings. The third kappa shape index (κ3) is 4.82. The van der Waals surface area contributed by atoms with Gasteiger partial charge in [0.25, 0.3) is 0 Å². The van der Waals surface area contributed by atoms with Gasteiger partial charge in [0.2, 0.25) is 5.91 Å². The highest BCUT2D eigenvalue weighted by Gasteiger charge is 2.06. The van der Waals surface area contributed by atoms with Gasteiger partial charge in [0, 0.05) is 28.4 Å². The molecular formula is C18H18BrClN2O2. The van der Waals surface area contributed by atoms with Crippen LogP contribution in [0, 0.1) is 6.92 Å². The molecule has 0 aliphatic carbocycles. The van der Waals surface area contributed by atoms with Crippen molar-refractivity contribution in [2.24, 2.45) is 4.99 Å². The number of hydrogen-bond donors (Lipinski definition) is 2. The zero-order chi connectivity index (χ0) is 17.7. The molecule has 4 nitrogen and oxygen atoms in total. The Labute approximate surface area is 154 Å². The zero-order valence-corrected chi connectivity index (χ0v) is 15.8. The van der Waals surface area contributed by atoms with Crippen LogP contribution in [-0.2, 0) is 4.79 Å². The van der Waals surface area contributed by atoms with E-state index in [0.29, 0.717) is 28.4 Å². The van der Waals surface area contributed by atoms with Crippen LogP contribution in [0.15, 0.2) is 39.8 Å². The summed E-state index contributed by atoms with van der Waals surface area (Å²) in [6.07, 6.45) is 2.80. The Bertz CT molecular complexity index is 791. The van der Waals surface area contributed by atoms with Crippen molar-refractivity contribution in [3.8, 4) is 5.75 Å². The van der Waals surface area contributed by atoms with Gasteiger partial charge in [-0.25, -0.2) is 0 Å². The van der Waals surface area contributed by atoms with Crippen molar-refractivity contribution >= 4 is 51.0 Å². The predicted octanol–water partition coefficient (Wildman–Crippen LogP) is 5.61. The molecule has 0 aliphatic heterocycles. The monoisotopic (exact) mass is 408 g/mol. The van der Waals surface area contributed by atoms with Crippen LogP contribution in [0.4, 0.5) is 11.4 Å². The maximum absolute atomic E-state index is 11.7. The number of phenolic OH excluding ortho intramolecular Hbond substituents is 1. The largest absolute Gasteiger partial charge is 0.507 e. The van der Waals surface area contributed by atoms with Gasteiger partial charge in [0.15, 0.2) is 0 Å². The lowest BCUT2D eigenvalue weighted by Gasteiger charge is -2.07. The normalized spacial score (nSPS) is 11.0. The van der Waals surface area contributed by atoms with Crippen LogP contribution < -0.4 is 5.32 Å². The molecule has 24 heavy (non-hydrogen) atoms. The average Bonchev–Trinajstić information content (AvgIpc) is 2.52. The fourth-order valence-corrected chi connectivity index (χ4v) is 2.90. The van der Waals surface area contributed by atoms with E-state index in [1.807, 2.05) is 19.9 Å². The van der Waals surface area contributed by atoms with E-state index in [-0.39, 0.29) is 11.7 Å². The summed E-state index contributed by atoms with van der Waals surface area (Å²) < 4.78 is 0.853. The van der Waals surface area contributed by atoms with Crippen molar-refractivity contribution in [1.29, 1.82) is 0 Å². The Morgan fingerprint density at radius 3 is 2.83 bits per heavy atom. The van der Waals surface area contributed by atoms with Gasteiger partial charge in [-0.2, -0.15) is 0 Å². The summed E-state index contributed by atoms with van der Waals surface area (Å²) in [5, 5.41) is 13.4. The number of hydrogen-bond acceptors (Lipinski definition) is 3. The molecule has 0 saturated carbocycles. The lowest BCUT2D eigenvalue weighted by molar-refractivity contribution is -0.116. The second-order valence-electron chi connectivity index (χ2n) is 5.38. The maximum Gasteiger partial charge on any atom is 0.224 e. The van der Waals surface area contributed by atoms with Gasteiger partial charge < -0.3 is 10.4 Å². The van der Waals surface area contributed by atoms with E-state index < -0.39 is 0 Å². The van der Waals surface area contributed by atoms with Gasteiger partial charge in [-0.3, -0.25) is 9.79 Å². The van der Waals surface area contributed by atoms with E-state index in [4.69, 9.17) is 11.6 Å². The van der Waals surface area contributed by atoms with Crippen LogP contribution in [0.3, 0.4) is 0 Å². The van der Waals surface area contributed by atoms with E-state index in [0.717, 1.165) is 16.5 Å². The number of phenols is 1. The first-order valence-corrected chi connectivity index (χ1v) is 8.70. The Balaban J connectivity index is 2.27. The summed E-state index contributed by atoms with van der Waals surface area (Å²) in [4.78, 5) is 16.0. The minimum absolute atomic E-state index is 0.0463. The number of nitrogens with one attached hydrogen (secondary N) is 1. The Morgan fingerprint density at radius 1 is 1.38 bits per heavy atom. The molecule has 0 atom stereocenters. The molecule has 0 aromatic heterocycles. The number of halogens is 2. The third-order valence-corrected chi connectivity index (χ3v) is 4.12. The minimum atomic E-state index is -0.0463. The van der Waals surface area contributed by atoms with E-state index in [1.165, 1.54) is 0 Å². The zero-order valence-electron chi connectivity index (χ0n) is 13.4. The lowest BCUT2D eigenvalue weighted by Crippen LogP contribution is -2.10. The van der Waals surface area contributed by atoms with Crippen molar-refractivity contribution in [2.75, 3.05) is 5.32 Å². The molecule has 0 unspecified atom stereocenters. The smallest absolute Gasteiger partial charge is 0.224 e. The topological polar surface area (TPSA) is 61.7 Å². The van der Waals surface area contributed by atoms with Crippen LogP contribution in [-0.4, -0.2) is 17.2 Å². The number of aliphatic imine (C=N–C) groups is 1. The fourth-order valence-electron chi connectivity index (χ4n) is 2.14. The molecule has 0 spiro atoms. The number of carbonyl (C=O) groups is 1. The van der Waals surface area contributed by atoms with Gasteiger partial charge in [-0.1, -0.05) is 34.5 Å². The average molecular weight is 410 g/mol. The van der Waals surface area contributed by atoms with Gasteiger partial charge in [0.1, 0.15) is 5.75 Å². The number of aromatic hydroxyl groups is 1. The first-order chi connectivity index (χ1) is 11.4. The summed E-state index contributed by atoms with van der Waals surface area (Å²) in [5.74, 6) is 0.125. The maximum atomic E-state index is 11.7. The molecule has 2 aromatic carbocycles. The number of amides is 1.